The SMILES string of the molecule is COc1ccc2[nH]cc(CC(=O)N3Cc4ccccc4C[C@H]3C(=O)O)c2c1. The van der Waals surface area contributed by atoms with E-state index in [1.54, 1.807) is 13.3 Å². The van der Waals surface area contributed by atoms with Gasteiger partial charge in [-0.2, -0.15) is 0 Å². The topological polar surface area (TPSA) is 82.6 Å². The molecule has 2 aromatic carbocycles. The summed E-state index contributed by atoms with van der Waals surface area (Å²) in [5, 5.41) is 10.5. The molecule has 138 valence electrons. The number of H-pyrrole nitrogens is 1. The minimum atomic E-state index is -0.974. The van der Waals surface area contributed by atoms with Crippen molar-refractivity contribution in [2.45, 2.75) is 25.4 Å². The molecule has 0 radical (unpaired) electrons. The smallest absolute Gasteiger partial charge is 0.326 e. The predicted octanol–water partition coefficient (Wildman–Crippen LogP) is 2.76. The van der Waals surface area contributed by atoms with Crippen LogP contribution in [-0.2, 0) is 29.0 Å². The number of nitrogens with one attached hydrogen (secondary N) is 1. The van der Waals surface area contributed by atoms with Crippen LogP contribution in [0.15, 0.2) is 48.7 Å². The summed E-state index contributed by atoms with van der Waals surface area (Å²) in [4.78, 5) is 29.4. The minimum absolute atomic E-state index is 0.138. The van der Waals surface area contributed by atoms with Gasteiger partial charge in [-0.3, -0.25) is 4.79 Å². The van der Waals surface area contributed by atoms with Crippen LogP contribution in [0, 0.1) is 0 Å². The highest BCUT2D eigenvalue weighted by molar-refractivity contribution is 5.91. The molecule has 0 saturated heterocycles. The quantitative estimate of drug-likeness (QED) is 0.746. The number of aromatic amines is 1. The van der Waals surface area contributed by atoms with Gasteiger partial charge in [-0.1, -0.05) is 24.3 Å². The van der Waals surface area contributed by atoms with Crippen LogP contribution in [0.25, 0.3) is 10.9 Å². The number of carbonyl (C=O) groups is 2. The van der Waals surface area contributed by atoms with Crippen LogP contribution in [0.2, 0.25) is 0 Å². The van der Waals surface area contributed by atoms with Gasteiger partial charge in [0, 0.05) is 30.1 Å². The standard InChI is InChI=1S/C21H20N2O4/c1-27-16-6-7-18-17(10-16)15(11-22-18)9-20(24)23-12-14-5-3-2-4-13(14)8-19(23)21(25)26/h2-7,10-11,19,22H,8-9,12H2,1H3,(H,25,26)/t19-/m0/s1. The first kappa shape index (κ1) is 17.1. The van der Waals surface area contributed by atoms with Crippen LogP contribution in [0.4, 0.5) is 0 Å². The van der Waals surface area contributed by atoms with Gasteiger partial charge in [0.25, 0.3) is 0 Å². The molecule has 0 saturated carbocycles. The summed E-state index contributed by atoms with van der Waals surface area (Å²) in [6, 6.07) is 12.5. The normalized spacial score (nSPS) is 16.2. The number of carbonyl (C=O) groups excluding carboxylic acids is 1. The maximum absolute atomic E-state index is 13.0. The number of carboxylic acid groups (broad SMARTS) is 1. The van der Waals surface area contributed by atoms with Crippen LogP contribution in [0.5, 0.6) is 5.75 Å². The summed E-state index contributed by atoms with van der Waals surface area (Å²) in [6.45, 7) is 0.317. The Hall–Kier alpha value is -3.28. The summed E-state index contributed by atoms with van der Waals surface area (Å²) in [5.41, 5.74) is 3.74. The third kappa shape index (κ3) is 3.14. The van der Waals surface area contributed by atoms with E-state index in [1.807, 2.05) is 42.5 Å². The van der Waals surface area contributed by atoms with Crippen molar-refractivity contribution in [2.24, 2.45) is 0 Å². The molecule has 6 nitrogen and oxygen atoms in total. The lowest BCUT2D eigenvalue weighted by molar-refractivity contribution is -0.151. The van der Waals surface area contributed by atoms with Crippen molar-refractivity contribution in [3.05, 3.63) is 65.4 Å². The number of aromatic nitrogens is 1. The third-order valence-corrected chi connectivity index (χ3v) is 5.17. The fourth-order valence-corrected chi connectivity index (χ4v) is 3.70. The van der Waals surface area contributed by atoms with Crippen molar-refractivity contribution in [2.75, 3.05) is 7.11 Å². The van der Waals surface area contributed by atoms with Crippen molar-refractivity contribution in [1.82, 2.24) is 9.88 Å². The van der Waals surface area contributed by atoms with E-state index in [9.17, 15) is 14.7 Å². The second-order valence-corrected chi connectivity index (χ2v) is 6.75. The molecular weight excluding hydrogens is 344 g/mol. The molecule has 1 aliphatic heterocycles. The van der Waals surface area contributed by atoms with Crippen LogP contribution in [-0.4, -0.2) is 40.0 Å². The molecule has 1 aromatic heterocycles. The van der Waals surface area contributed by atoms with Crippen LogP contribution in [0.3, 0.4) is 0 Å². The van der Waals surface area contributed by atoms with E-state index < -0.39 is 12.0 Å². The van der Waals surface area contributed by atoms with Gasteiger partial charge < -0.3 is 19.7 Å². The second-order valence-electron chi connectivity index (χ2n) is 6.75. The Bertz CT molecular complexity index is 1020. The fourth-order valence-electron chi connectivity index (χ4n) is 3.70. The molecule has 0 aliphatic carbocycles. The van der Waals surface area contributed by atoms with Crippen molar-refractivity contribution in [3.8, 4) is 5.75 Å². The highest BCUT2D eigenvalue weighted by Crippen LogP contribution is 2.27. The van der Waals surface area contributed by atoms with Gasteiger partial charge in [0.05, 0.1) is 13.5 Å². The lowest BCUT2D eigenvalue weighted by atomic mass is 9.93. The Morgan fingerprint density at radius 2 is 2.00 bits per heavy atom. The van der Waals surface area contributed by atoms with Gasteiger partial charge in [0.1, 0.15) is 11.8 Å². The molecule has 1 atom stereocenters. The fraction of sp³-hybridized carbons (Fsp3) is 0.238. The Morgan fingerprint density at radius 1 is 1.22 bits per heavy atom. The zero-order chi connectivity index (χ0) is 19.0. The van der Waals surface area contributed by atoms with Crippen molar-refractivity contribution >= 4 is 22.8 Å². The number of rotatable bonds is 4. The molecule has 3 aromatic rings. The van der Waals surface area contributed by atoms with Crippen LogP contribution < -0.4 is 4.74 Å². The zero-order valence-corrected chi connectivity index (χ0v) is 14.9. The summed E-state index contributed by atoms with van der Waals surface area (Å²) in [7, 11) is 1.60. The molecule has 6 heteroatoms. The number of carboxylic acids is 1. The Kier molecular flexibility index (Phi) is 4.32. The second kappa shape index (κ2) is 6.79. The first-order valence-electron chi connectivity index (χ1n) is 8.80. The Morgan fingerprint density at radius 3 is 2.74 bits per heavy atom. The van der Waals surface area contributed by atoms with E-state index in [-0.39, 0.29) is 12.3 Å². The van der Waals surface area contributed by atoms with E-state index >= 15 is 0 Å². The minimum Gasteiger partial charge on any atom is -0.497 e. The molecule has 2 heterocycles. The first-order chi connectivity index (χ1) is 13.1. The van der Waals surface area contributed by atoms with Crippen LogP contribution >= 0.6 is 0 Å². The molecule has 0 unspecified atom stereocenters. The van der Waals surface area contributed by atoms with Crippen molar-refractivity contribution in [1.29, 1.82) is 0 Å². The molecule has 27 heavy (non-hydrogen) atoms. The van der Waals surface area contributed by atoms with Gasteiger partial charge in [-0.15, -0.1) is 0 Å². The predicted molar refractivity (Wildman–Crippen MR) is 101 cm³/mol. The number of methoxy groups -OCH3 is 1. The summed E-state index contributed by atoms with van der Waals surface area (Å²) in [6.07, 6.45) is 2.27. The molecule has 4 rings (SSSR count). The average molecular weight is 364 g/mol. The van der Waals surface area contributed by atoms with E-state index in [4.69, 9.17) is 4.74 Å². The molecule has 2 N–H and O–H groups in total. The maximum atomic E-state index is 13.0. The Balaban J connectivity index is 1.63. The summed E-state index contributed by atoms with van der Waals surface area (Å²) < 4.78 is 5.27. The molecular formula is C21H20N2O4. The molecule has 1 amide bonds. The van der Waals surface area contributed by atoms with E-state index in [2.05, 4.69) is 4.98 Å². The Labute approximate surface area is 156 Å². The lowest BCUT2D eigenvalue weighted by Gasteiger charge is -2.34. The van der Waals surface area contributed by atoms with Gasteiger partial charge in [0.15, 0.2) is 0 Å². The lowest BCUT2D eigenvalue weighted by Crippen LogP contribution is -2.49. The highest BCUT2D eigenvalue weighted by atomic mass is 16.5. The first-order valence-corrected chi connectivity index (χ1v) is 8.80. The van der Waals surface area contributed by atoms with E-state index in [0.29, 0.717) is 18.7 Å². The largest absolute Gasteiger partial charge is 0.497 e. The summed E-state index contributed by atoms with van der Waals surface area (Å²) in [5.74, 6) is -0.454. The third-order valence-electron chi connectivity index (χ3n) is 5.17. The number of hydrogen-bond donors (Lipinski definition) is 2. The van der Waals surface area contributed by atoms with Crippen molar-refractivity contribution in [3.63, 3.8) is 0 Å². The molecule has 1 aliphatic rings. The molecule has 0 bridgehead atoms. The number of amides is 1. The zero-order valence-electron chi connectivity index (χ0n) is 14.9. The van der Waals surface area contributed by atoms with E-state index in [1.165, 1.54) is 4.90 Å². The highest BCUT2D eigenvalue weighted by Gasteiger charge is 2.34. The monoisotopic (exact) mass is 364 g/mol. The van der Waals surface area contributed by atoms with Crippen molar-refractivity contribution < 1.29 is 19.4 Å². The number of benzene rings is 2. The number of hydrogen-bond acceptors (Lipinski definition) is 3. The molecule has 0 fully saturated rings. The summed E-state index contributed by atoms with van der Waals surface area (Å²) >= 11 is 0. The maximum Gasteiger partial charge on any atom is 0.326 e. The van der Waals surface area contributed by atoms with Gasteiger partial charge in [0.2, 0.25) is 5.91 Å². The number of nitrogens with zero attached hydrogens (tertiary/aromatic N) is 1. The van der Waals surface area contributed by atoms with Gasteiger partial charge in [-0.25, -0.2) is 4.79 Å². The molecule has 0 spiro atoms. The average Bonchev–Trinajstić information content (AvgIpc) is 3.08. The number of fused-ring (bicyclic) bond motifs is 2. The van der Waals surface area contributed by atoms with Crippen LogP contribution in [0.1, 0.15) is 16.7 Å². The van der Waals surface area contributed by atoms with E-state index in [0.717, 1.165) is 27.6 Å². The number of aliphatic carboxylic acids is 1. The van der Waals surface area contributed by atoms with Gasteiger partial charge >= 0.3 is 5.97 Å². The number of ether oxygens (including phenoxy) is 1. The van der Waals surface area contributed by atoms with Gasteiger partial charge in [-0.05, 0) is 34.9 Å².